The first kappa shape index (κ1) is 33.2. The largest absolute Gasteiger partial charge is 0.363 e. The van der Waals surface area contributed by atoms with Crippen molar-refractivity contribution in [2.45, 2.75) is 78.8 Å². The van der Waals surface area contributed by atoms with E-state index in [2.05, 4.69) is 106 Å². The van der Waals surface area contributed by atoms with Crippen LogP contribution in [0.25, 0.3) is 36.7 Å². The molecule has 1 amide bonds. The molecule has 0 saturated carbocycles. The minimum Gasteiger partial charge on any atom is -0.363 e. The Morgan fingerprint density at radius 3 is 2.51 bits per heavy atom. The minimum atomic E-state index is 0.0717. The number of imidazole rings is 1. The third kappa shape index (κ3) is 7.45. The highest BCUT2D eigenvalue weighted by atomic mass is 32.1. The van der Waals surface area contributed by atoms with Gasteiger partial charge in [0, 0.05) is 44.1 Å². The second-order valence-electron chi connectivity index (χ2n) is 12.7. The number of hydrogen-bond donors (Lipinski definition) is 2. The van der Waals surface area contributed by atoms with E-state index in [9.17, 15) is 4.79 Å². The molecule has 5 rings (SSSR count). The first-order valence-corrected chi connectivity index (χ1v) is 18.2. The van der Waals surface area contributed by atoms with Crippen molar-refractivity contribution < 1.29 is 4.79 Å². The predicted octanol–water partition coefficient (Wildman–Crippen LogP) is 9.56. The molecule has 0 radical (unpaired) electrons. The number of fused-ring (bicyclic) bond motifs is 1. The molecule has 0 aliphatic carbocycles. The quantitative estimate of drug-likeness (QED) is 0.127. The Kier molecular flexibility index (Phi) is 11.0. The second-order valence-corrected chi connectivity index (χ2v) is 14.8. The van der Waals surface area contributed by atoms with Crippen LogP contribution in [0.2, 0.25) is 0 Å². The molecule has 0 bridgehead atoms. The maximum atomic E-state index is 11.4. The van der Waals surface area contributed by atoms with Crippen LogP contribution >= 0.6 is 22.7 Å². The van der Waals surface area contributed by atoms with E-state index in [1.807, 2.05) is 33.8 Å². The van der Waals surface area contributed by atoms with Crippen LogP contribution in [0.3, 0.4) is 0 Å². The monoisotopic (exact) mass is 643 g/mol. The highest BCUT2D eigenvalue weighted by molar-refractivity contribution is 7.30. The van der Waals surface area contributed by atoms with E-state index in [1.165, 1.54) is 36.7 Å². The summed E-state index contributed by atoms with van der Waals surface area (Å²) in [6.45, 7) is 17.5. The van der Waals surface area contributed by atoms with Crippen molar-refractivity contribution in [1.82, 2.24) is 25.1 Å². The lowest BCUT2D eigenvalue weighted by Gasteiger charge is -2.27. The topological polar surface area (TPSA) is 64.3 Å². The summed E-state index contributed by atoms with van der Waals surface area (Å²) < 4.78 is 2.63. The summed E-state index contributed by atoms with van der Waals surface area (Å²) in [6.07, 6.45) is 10.3. The third-order valence-corrected chi connectivity index (χ3v) is 11.9. The molecule has 1 aliphatic heterocycles. The molecule has 4 atom stereocenters. The molecule has 2 N–H and O–H groups in total. The lowest BCUT2D eigenvalue weighted by Crippen LogP contribution is -2.33. The summed E-state index contributed by atoms with van der Waals surface area (Å²) in [4.78, 5) is 26.7. The van der Waals surface area contributed by atoms with Crippen molar-refractivity contribution in [3.63, 3.8) is 0 Å². The van der Waals surface area contributed by atoms with Gasteiger partial charge in [-0.05, 0) is 73.4 Å². The molecule has 6 nitrogen and oxygen atoms in total. The molecule has 1 saturated heterocycles. The normalized spacial score (nSPS) is 17.6. The van der Waals surface area contributed by atoms with Crippen LogP contribution in [-0.2, 0) is 4.79 Å². The molecule has 3 unspecified atom stereocenters. The molecule has 1 aromatic carbocycles. The van der Waals surface area contributed by atoms with E-state index in [4.69, 9.17) is 4.98 Å². The van der Waals surface area contributed by atoms with Gasteiger partial charge in [-0.15, -0.1) is 22.7 Å². The Balaban J connectivity index is 1.30. The lowest BCUT2D eigenvalue weighted by molar-refractivity contribution is -0.118. The molecule has 3 aromatic heterocycles. The number of rotatable bonds is 15. The van der Waals surface area contributed by atoms with Crippen LogP contribution in [0, 0.1) is 11.8 Å². The number of hydrogen-bond acceptors (Lipinski definition) is 6. The molecule has 240 valence electrons. The summed E-state index contributed by atoms with van der Waals surface area (Å²) in [5.74, 6) is 2.12. The summed E-state index contributed by atoms with van der Waals surface area (Å²) in [7, 11) is 2.21. The van der Waals surface area contributed by atoms with Gasteiger partial charge in [0.1, 0.15) is 5.82 Å². The van der Waals surface area contributed by atoms with Crippen molar-refractivity contribution in [1.29, 1.82) is 0 Å². The number of carbonyl (C=O) groups is 1. The van der Waals surface area contributed by atoms with Crippen LogP contribution in [0.4, 0.5) is 0 Å². The molecule has 45 heavy (non-hydrogen) atoms. The van der Waals surface area contributed by atoms with Crippen molar-refractivity contribution in [3.05, 3.63) is 71.8 Å². The molecule has 4 heterocycles. The Morgan fingerprint density at radius 2 is 1.84 bits per heavy atom. The number of likely N-dealkylation sites (tertiary alicyclic amines) is 1. The number of aromatic nitrogens is 2. The molecule has 0 spiro atoms. The van der Waals surface area contributed by atoms with Crippen LogP contribution in [0.1, 0.15) is 83.5 Å². The number of nitrogens with one attached hydrogen (secondary N) is 2. The molecule has 8 heteroatoms. The summed E-state index contributed by atoms with van der Waals surface area (Å²) in [6, 6.07) is 13.9. The molecule has 1 aliphatic rings. The van der Waals surface area contributed by atoms with Gasteiger partial charge in [-0.1, -0.05) is 71.9 Å². The minimum absolute atomic E-state index is 0.0717. The Morgan fingerprint density at radius 1 is 1.11 bits per heavy atom. The van der Waals surface area contributed by atoms with Crippen molar-refractivity contribution >= 4 is 44.1 Å². The van der Waals surface area contributed by atoms with Crippen molar-refractivity contribution in [2.24, 2.45) is 11.8 Å². The maximum absolute atomic E-state index is 11.4. The molecule has 1 fully saturated rings. The SMILES string of the molecule is C=C(N/C=C(/c1cc2sc(-c3ccc(-c4cnc([C@H](CC)N(C)CC(C)CC)[nH]4)cc3)cc2s1)C(C)CC)C1CCCN1C=O. The number of H-pyrrole nitrogens is 1. The molecular formula is C37H49N5OS2. The Hall–Kier alpha value is -3.20. The average Bonchev–Trinajstić information content (AvgIpc) is 3.85. The smallest absolute Gasteiger partial charge is 0.210 e. The fourth-order valence-electron chi connectivity index (χ4n) is 6.28. The van der Waals surface area contributed by atoms with Gasteiger partial charge in [-0.3, -0.25) is 9.69 Å². The number of nitrogens with zero attached hydrogens (tertiary/aromatic N) is 3. The van der Waals surface area contributed by atoms with Gasteiger partial charge in [-0.2, -0.15) is 0 Å². The summed E-state index contributed by atoms with van der Waals surface area (Å²) in [5, 5.41) is 3.46. The lowest BCUT2D eigenvalue weighted by atomic mass is 9.98. The first-order valence-electron chi connectivity index (χ1n) is 16.5. The van der Waals surface area contributed by atoms with Gasteiger partial charge in [0.25, 0.3) is 0 Å². The van der Waals surface area contributed by atoms with E-state index in [0.29, 0.717) is 17.9 Å². The third-order valence-electron chi connectivity index (χ3n) is 9.49. The van der Waals surface area contributed by atoms with Gasteiger partial charge in [0.15, 0.2) is 0 Å². The number of aromatic amines is 1. The number of amides is 1. The van der Waals surface area contributed by atoms with Gasteiger partial charge in [-0.25, -0.2) is 4.98 Å². The zero-order chi connectivity index (χ0) is 32.1. The predicted molar refractivity (Wildman–Crippen MR) is 193 cm³/mol. The van der Waals surface area contributed by atoms with Crippen molar-refractivity contribution in [2.75, 3.05) is 20.1 Å². The van der Waals surface area contributed by atoms with E-state index < -0.39 is 0 Å². The fourth-order valence-corrected chi connectivity index (χ4v) is 8.81. The fraction of sp³-hybridized carbons (Fsp3) is 0.459. The number of carbonyl (C=O) groups excluding carboxylic acids is 1. The zero-order valence-corrected chi connectivity index (χ0v) is 29.4. The standard InChI is InChI=1S/C37H49N5OS2/c1-8-24(4)22-41(7)31(10-3)37-39-21-30(40-37)27-13-15-28(16-14-27)33-18-35-36(44-33)19-34(45-35)29(25(5)9-2)20-38-26(6)32-12-11-17-42(32)23-43/h13-16,18-21,23-25,31-32,38H,6,8-12,17,22H2,1-5,7H3,(H,39,40)/b29-20+/t24?,25?,31-,32?/m0/s1. The number of thiophene rings is 2. The number of allylic oxidation sites excluding steroid dienone is 1. The second kappa shape index (κ2) is 14.9. The van der Waals surface area contributed by atoms with E-state index in [0.717, 1.165) is 68.0 Å². The van der Waals surface area contributed by atoms with E-state index >= 15 is 0 Å². The van der Waals surface area contributed by atoms with Crippen LogP contribution < -0.4 is 5.32 Å². The van der Waals surface area contributed by atoms with Gasteiger partial charge in [0.2, 0.25) is 6.41 Å². The van der Waals surface area contributed by atoms with Crippen molar-refractivity contribution in [3.8, 4) is 21.7 Å². The van der Waals surface area contributed by atoms with E-state index in [-0.39, 0.29) is 6.04 Å². The maximum Gasteiger partial charge on any atom is 0.210 e. The summed E-state index contributed by atoms with van der Waals surface area (Å²) >= 11 is 3.71. The zero-order valence-electron chi connectivity index (χ0n) is 27.7. The van der Waals surface area contributed by atoms with Gasteiger partial charge in [0.05, 0.1) is 24.0 Å². The van der Waals surface area contributed by atoms with Crippen LogP contribution in [0.5, 0.6) is 0 Å². The Labute approximate surface area is 277 Å². The van der Waals surface area contributed by atoms with Crippen LogP contribution in [-0.4, -0.2) is 52.4 Å². The first-order chi connectivity index (χ1) is 21.8. The van der Waals surface area contributed by atoms with Gasteiger partial charge >= 0.3 is 0 Å². The molecular weight excluding hydrogens is 595 g/mol. The van der Waals surface area contributed by atoms with Crippen LogP contribution in [0.15, 0.2) is 61.1 Å². The average molecular weight is 644 g/mol. The summed E-state index contributed by atoms with van der Waals surface area (Å²) in [5.41, 5.74) is 5.65. The number of benzene rings is 1. The highest BCUT2D eigenvalue weighted by Crippen LogP contribution is 2.42. The highest BCUT2D eigenvalue weighted by Gasteiger charge is 2.25. The Bertz CT molecular complexity index is 1580. The van der Waals surface area contributed by atoms with E-state index in [1.54, 1.807) is 0 Å². The molecule has 4 aromatic rings. The van der Waals surface area contributed by atoms with Gasteiger partial charge < -0.3 is 15.2 Å².